The third-order valence-electron chi connectivity index (χ3n) is 5.61. The molecule has 2 aliphatic rings. The van der Waals surface area contributed by atoms with E-state index in [-0.39, 0.29) is 11.8 Å². The highest BCUT2D eigenvalue weighted by Crippen LogP contribution is 2.29. The van der Waals surface area contributed by atoms with Crippen LogP contribution in [0.2, 0.25) is 0 Å². The number of nitrogens with one attached hydrogen (secondary N) is 1. The summed E-state index contributed by atoms with van der Waals surface area (Å²) in [5.41, 5.74) is 3.02. The zero-order chi connectivity index (χ0) is 22.7. The highest BCUT2D eigenvalue weighted by molar-refractivity contribution is 5.94. The number of pyridine rings is 1. The summed E-state index contributed by atoms with van der Waals surface area (Å²) >= 11 is 0. The van der Waals surface area contributed by atoms with E-state index in [1.54, 1.807) is 17.2 Å². The molecule has 2 aromatic rings. The van der Waals surface area contributed by atoms with Crippen molar-refractivity contribution in [3.63, 3.8) is 0 Å². The van der Waals surface area contributed by atoms with Crippen LogP contribution in [-0.2, 0) is 28.6 Å². The van der Waals surface area contributed by atoms with Crippen molar-refractivity contribution in [2.75, 3.05) is 18.4 Å². The molecular weight excluding hydrogens is 419 g/mol. The Morgan fingerprint density at radius 1 is 1.16 bits per heavy atom. The van der Waals surface area contributed by atoms with Crippen LogP contribution in [0.4, 0.5) is 19.0 Å². The van der Waals surface area contributed by atoms with Crippen molar-refractivity contribution in [2.24, 2.45) is 0 Å². The Balaban J connectivity index is 1.32. The van der Waals surface area contributed by atoms with Gasteiger partial charge in [-0.25, -0.2) is 4.98 Å². The highest BCUT2D eigenvalue weighted by Gasteiger charge is 2.30. The number of aryl methyl sites for hydroxylation is 1. The SMILES string of the molecule is O=C1CCc2cc(C=CC(=O)N3CC=C(Cc4ccc(C(F)(F)F)cc4)CC3)cnc2N1. The summed E-state index contributed by atoms with van der Waals surface area (Å²) in [4.78, 5) is 29.9. The van der Waals surface area contributed by atoms with E-state index in [1.807, 2.05) is 12.1 Å². The van der Waals surface area contributed by atoms with E-state index in [1.165, 1.54) is 18.2 Å². The lowest BCUT2D eigenvalue weighted by Crippen LogP contribution is -2.33. The summed E-state index contributed by atoms with van der Waals surface area (Å²) in [5, 5.41) is 2.73. The minimum Gasteiger partial charge on any atom is -0.335 e. The van der Waals surface area contributed by atoms with Gasteiger partial charge in [0.25, 0.3) is 0 Å². The summed E-state index contributed by atoms with van der Waals surface area (Å²) in [6.45, 7) is 1.03. The number of rotatable bonds is 4. The Labute approximate surface area is 183 Å². The molecule has 0 aliphatic carbocycles. The molecule has 4 rings (SSSR count). The van der Waals surface area contributed by atoms with Gasteiger partial charge in [-0.2, -0.15) is 13.2 Å². The van der Waals surface area contributed by atoms with Crippen LogP contribution in [0.15, 0.2) is 54.3 Å². The molecule has 1 aromatic heterocycles. The molecule has 1 N–H and O–H groups in total. The molecule has 0 bridgehead atoms. The van der Waals surface area contributed by atoms with Gasteiger partial charge < -0.3 is 10.2 Å². The third-order valence-corrected chi connectivity index (χ3v) is 5.61. The van der Waals surface area contributed by atoms with Crippen LogP contribution < -0.4 is 5.32 Å². The Hall–Kier alpha value is -3.42. The Bertz CT molecular complexity index is 1090. The molecule has 2 aliphatic heterocycles. The van der Waals surface area contributed by atoms with Crippen molar-refractivity contribution in [2.45, 2.75) is 31.9 Å². The van der Waals surface area contributed by atoms with E-state index in [0.717, 1.165) is 34.4 Å². The number of hydrogen-bond acceptors (Lipinski definition) is 3. The fraction of sp³-hybridized carbons (Fsp3) is 0.292. The van der Waals surface area contributed by atoms with E-state index in [2.05, 4.69) is 10.3 Å². The summed E-state index contributed by atoms with van der Waals surface area (Å²) < 4.78 is 38.1. The molecule has 1 aromatic carbocycles. The zero-order valence-electron chi connectivity index (χ0n) is 17.3. The van der Waals surface area contributed by atoms with Gasteiger partial charge in [-0.05, 0) is 60.2 Å². The molecule has 0 unspecified atom stereocenters. The van der Waals surface area contributed by atoms with E-state index in [0.29, 0.717) is 44.6 Å². The van der Waals surface area contributed by atoms with Crippen molar-refractivity contribution in [3.05, 3.63) is 76.5 Å². The maximum absolute atomic E-state index is 12.7. The van der Waals surface area contributed by atoms with Gasteiger partial charge in [-0.1, -0.05) is 23.8 Å². The number of carbonyl (C=O) groups excluding carboxylic acids is 2. The molecule has 2 amide bonds. The molecule has 0 fully saturated rings. The summed E-state index contributed by atoms with van der Waals surface area (Å²) in [6.07, 6.45) is 4.80. The largest absolute Gasteiger partial charge is 0.416 e. The molecule has 0 saturated heterocycles. The zero-order valence-corrected chi connectivity index (χ0v) is 17.3. The van der Waals surface area contributed by atoms with E-state index < -0.39 is 11.7 Å². The summed E-state index contributed by atoms with van der Waals surface area (Å²) in [6, 6.07) is 7.12. The van der Waals surface area contributed by atoms with Gasteiger partial charge in [-0.3, -0.25) is 9.59 Å². The minimum atomic E-state index is -4.33. The molecule has 166 valence electrons. The second kappa shape index (κ2) is 8.98. The average Bonchev–Trinajstić information content (AvgIpc) is 2.77. The molecule has 32 heavy (non-hydrogen) atoms. The number of amides is 2. The number of benzene rings is 1. The van der Waals surface area contributed by atoms with Gasteiger partial charge in [0.1, 0.15) is 5.82 Å². The number of aromatic nitrogens is 1. The predicted octanol–water partition coefficient (Wildman–Crippen LogP) is 4.40. The minimum absolute atomic E-state index is 0.0423. The normalized spacial score (nSPS) is 16.5. The number of anilines is 1. The van der Waals surface area contributed by atoms with Crippen molar-refractivity contribution in [1.82, 2.24) is 9.88 Å². The molecule has 3 heterocycles. The quantitative estimate of drug-likeness (QED) is 0.565. The van der Waals surface area contributed by atoms with E-state index in [4.69, 9.17) is 0 Å². The van der Waals surface area contributed by atoms with Crippen LogP contribution in [0, 0.1) is 0 Å². The number of nitrogens with zero attached hydrogens (tertiary/aromatic N) is 2. The molecule has 0 atom stereocenters. The predicted molar refractivity (Wildman–Crippen MR) is 115 cm³/mol. The Morgan fingerprint density at radius 2 is 1.94 bits per heavy atom. The molecular formula is C24H22F3N3O2. The lowest BCUT2D eigenvalue weighted by Gasteiger charge is -2.25. The maximum Gasteiger partial charge on any atom is 0.416 e. The number of halogens is 3. The highest BCUT2D eigenvalue weighted by atomic mass is 19.4. The van der Waals surface area contributed by atoms with Gasteiger partial charge in [0, 0.05) is 31.8 Å². The first kappa shape index (κ1) is 21.8. The van der Waals surface area contributed by atoms with Crippen LogP contribution in [0.3, 0.4) is 0 Å². The van der Waals surface area contributed by atoms with Gasteiger partial charge in [0.2, 0.25) is 11.8 Å². The summed E-state index contributed by atoms with van der Waals surface area (Å²) in [7, 11) is 0. The monoisotopic (exact) mass is 441 g/mol. The fourth-order valence-electron chi connectivity index (χ4n) is 3.78. The van der Waals surface area contributed by atoms with Gasteiger partial charge >= 0.3 is 6.18 Å². The van der Waals surface area contributed by atoms with Crippen LogP contribution in [0.1, 0.15) is 35.1 Å². The molecule has 0 radical (unpaired) electrons. The lowest BCUT2D eigenvalue weighted by molar-refractivity contribution is -0.137. The smallest absolute Gasteiger partial charge is 0.335 e. The number of carbonyl (C=O) groups is 2. The topological polar surface area (TPSA) is 62.3 Å². The lowest BCUT2D eigenvalue weighted by atomic mass is 9.98. The van der Waals surface area contributed by atoms with Crippen LogP contribution in [-0.4, -0.2) is 34.8 Å². The van der Waals surface area contributed by atoms with Gasteiger partial charge in [-0.15, -0.1) is 0 Å². The number of fused-ring (bicyclic) bond motifs is 1. The maximum atomic E-state index is 12.7. The standard InChI is InChI=1S/C24H22F3N3O2/c25-24(26,27)20-5-1-16(2-6-20)13-17-9-11-30(12-10-17)22(32)8-3-18-14-19-4-7-21(31)29-23(19)28-15-18/h1-3,5-6,8-9,14-15H,4,7,10-13H2,(H,28,29,31). The molecule has 8 heteroatoms. The first-order valence-electron chi connectivity index (χ1n) is 10.4. The van der Waals surface area contributed by atoms with Crippen molar-refractivity contribution in [3.8, 4) is 0 Å². The summed E-state index contributed by atoms with van der Waals surface area (Å²) in [5.74, 6) is 0.423. The Kier molecular flexibility index (Phi) is 6.12. The first-order valence-corrected chi connectivity index (χ1v) is 10.4. The van der Waals surface area contributed by atoms with E-state index >= 15 is 0 Å². The molecule has 5 nitrogen and oxygen atoms in total. The average molecular weight is 441 g/mol. The second-order valence-electron chi connectivity index (χ2n) is 7.93. The van der Waals surface area contributed by atoms with Crippen LogP contribution >= 0.6 is 0 Å². The van der Waals surface area contributed by atoms with Gasteiger partial charge in [0.05, 0.1) is 5.56 Å². The van der Waals surface area contributed by atoms with Crippen molar-refractivity contribution in [1.29, 1.82) is 0 Å². The molecule has 0 saturated carbocycles. The Morgan fingerprint density at radius 3 is 2.62 bits per heavy atom. The van der Waals surface area contributed by atoms with Crippen molar-refractivity contribution < 1.29 is 22.8 Å². The number of hydrogen-bond donors (Lipinski definition) is 1. The van der Waals surface area contributed by atoms with E-state index in [9.17, 15) is 22.8 Å². The third kappa shape index (κ3) is 5.25. The van der Waals surface area contributed by atoms with Crippen LogP contribution in [0.5, 0.6) is 0 Å². The van der Waals surface area contributed by atoms with Crippen LogP contribution in [0.25, 0.3) is 6.08 Å². The van der Waals surface area contributed by atoms with Crippen molar-refractivity contribution >= 4 is 23.7 Å². The fourth-order valence-corrected chi connectivity index (χ4v) is 3.78. The molecule has 0 spiro atoms. The van der Waals surface area contributed by atoms with Gasteiger partial charge in [0.15, 0.2) is 0 Å². The first-order chi connectivity index (χ1) is 15.3. The number of alkyl halides is 3. The second-order valence-corrected chi connectivity index (χ2v) is 7.93.